The van der Waals surface area contributed by atoms with Crippen LogP contribution in [0.3, 0.4) is 0 Å². The topological polar surface area (TPSA) is 100 Å². The number of sulfonamides is 1. The highest BCUT2D eigenvalue weighted by Gasteiger charge is 2.43. The summed E-state index contributed by atoms with van der Waals surface area (Å²) in [6.45, 7) is -0.761. The Labute approximate surface area is 251 Å². The molecule has 0 spiro atoms. The molecule has 2 aromatic carbocycles. The number of aromatic nitrogens is 1. The van der Waals surface area contributed by atoms with E-state index in [0.29, 0.717) is 35.5 Å². The van der Waals surface area contributed by atoms with Gasteiger partial charge in [-0.25, -0.2) is 27.0 Å². The van der Waals surface area contributed by atoms with Gasteiger partial charge in [0.2, 0.25) is 15.9 Å². The van der Waals surface area contributed by atoms with Gasteiger partial charge < -0.3 is 14.7 Å². The first-order valence-electron chi connectivity index (χ1n) is 13.1. The number of carboxylic acids is 1. The summed E-state index contributed by atoms with van der Waals surface area (Å²) in [5.74, 6) is -5.78. The van der Waals surface area contributed by atoms with Crippen LogP contribution in [0, 0.1) is 0 Å². The van der Waals surface area contributed by atoms with Crippen LogP contribution in [0.5, 0.6) is 5.75 Å². The van der Waals surface area contributed by atoms with Gasteiger partial charge in [0, 0.05) is 49.6 Å². The molecule has 1 N–H and O–H groups in total. The highest BCUT2D eigenvalue weighted by molar-refractivity contribution is 7.89. The number of fused-ring (bicyclic) bond motifs is 1. The number of nitrogens with zero attached hydrogens (tertiary/aromatic N) is 3. The fourth-order valence-electron chi connectivity index (χ4n) is 4.77. The number of hydrogen-bond acceptors (Lipinski definition) is 6. The second kappa shape index (κ2) is 12.1. The number of carbonyl (C=O) groups is 1. The molecule has 4 rings (SSSR count). The molecule has 0 saturated carbocycles. The summed E-state index contributed by atoms with van der Waals surface area (Å²) < 4.78 is 145. The molecule has 2 heterocycles. The molecule has 1 atom stereocenters. The zero-order valence-corrected chi connectivity index (χ0v) is 24.3. The zero-order valence-electron chi connectivity index (χ0n) is 23.5. The van der Waals surface area contributed by atoms with E-state index in [1.165, 1.54) is 12.1 Å². The van der Waals surface area contributed by atoms with Crippen molar-refractivity contribution < 1.29 is 58.2 Å². The van der Waals surface area contributed by atoms with Crippen LogP contribution < -0.4 is 9.64 Å². The average molecular weight is 668 g/mol. The number of alkyl halides is 8. The number of ether oxygens (including phenoxy) is 1. The molecule has 8 nitrogen and oxygen atoms in total. The van der Waals surface area contributed by atoms with Crippen LogP contribution in [0.25, 0.3) is 0 Å². The van der Waals surface area contributed by atoms with E-state index in [0.717, 1.165) is 30.3 Å². The van der Waals surface area contributed by atoms with Crippen molar-refractivity contribution in [3.05, 3.63) is 77.1 Å². The van der Waals surface area contributed by atoms with Crippen molar-refractivity contribution in [1.82, 2.24) is 9.29 Å². The molecule has 0 bridgehead atoms. The maximum absolute atomic E-state index is 14.4. The van der Waals surface area contributed by atoms with E-state index in [1.807, 2.05) is 0 Å². The maximum Gasteiger partial charge on any atom is 0.420 e. The Bertz CT molecular complexity index is 1690. The molecule has 1 aliphatic rings. The van der Waals surface area contributed by atoms with Crippen LogP contribution in [-0.4, -0.2) is 54.3 Å². The van der Waals surface area contributed by atoms with Crippen molar-refractivity contribution in [3.8, 4) is 5.75 Å². The summed E-state index contributed by atoms with van der Waals surface area (Å²) in [6.07, 6.45) is -10.3. The lowest BCUT2D eigenvalue weighted by molar-refractivity contribution is -0.139. The lowest BCUT2D eigenvalue weighted by atomic mass is 10.1. The Morgan fingerprint density at radius 2 is 1.71 bits per heavy atom. The minimum atomic E-state index is -5.19. The molecule has 0 fully saturated rings. The molecule has 0 unspecified atom stereocenters. The van der Waals surface area contributed by atoms with Gasteiger partial charge in [-0.1, -0.05) is 12.1 Å². The Morgan fingerprint density at radius 3 is 2.31 bits per heavy atom. The van der Waals surface area contributed by atoms with Crippen LogP contribution in [0.4, 0.5) is 46.5 Å². The Morgan fingerprint density at radius 1 is 1.02 bits per heavy atom. The van der Waals surface area contributed by atoms with E-state index in [2.05, 4.69) is 4.98 Å². The largest absolute Gasteiger partial charge is 0.488 e. The van der Waals surface area contributed by atoms with E-state index in [4.69, 9.17) is 4.74 Å². The molecule has 0 radical (unpaired) electrons. The fourth-order valence-corrected chi connectivity index (χ4v) is 6.34. The normalized spacial score (nSPS) is 17.5. The summed E-state index contributed by atoms with van der Waals surface area (Å²) in [5, 5.41) is 9.35. The van der Waals surface area contributed by atoms with E-state index >= 15 is 0 Å². The van der Waals surface area contributed by atoms with E-state index in [1.54, 1.807) is 0 Å². The van der Waals surface area contributed by atoms with Crippen LogP contribution in [0.2, 0.25) is 0 Å². The Kier molecular flexibility index (Phi) is 9.09. The highest BCUT2D eigenvalue weighted by atomic mass is 32.2. The summed E-state index contributed by atoms with van der Waals surface area (Å²) in [7, 11) is -3.74. The number of halogens is 8. The Hall–Kier alpha value is -3.99. The van der Waals surface area contributed by atoms with Gasteiger partial charge >= 0.3 is 18.3 Å². The number of aromatic carboxylic acids is 1. The van der Waals surface area contributed by atoms with Gasteiger partial charge in [-0.2, -0.15) is 30.6 Å². The fraction of sp³-hybridized carbons (Fsp3) is 0.357. The number of hydrogen-bond donors (Lipinski definition) is 1. The van der Waals surface area contributed by atoms with Crippen molar-refractivity contribution in [1.29, 1.82) is 0 Å². The molecule has 3 aromatic rings. The van der Waals surface area contributed by atoms with E-state index in [9.17, 15) is 53.4 Å². The third-order valence-electron chi connectivity index (χ3n) is 7.10. The standard InChI is InChI=1S/C28H25F8N3O5S/c1-26(29,30)9-8-19-14-39(18-7-3-6-17(11-18)27(31,32)33)21-12-20(28(34,35)36)22(13-23(21)45(42,43)38(19)2)44-15-16-5-4-10-37-24(16)25(40)41/h3-7,10-13,19H,8-9,14-15H2,1-2H3,(H,40,41)/t19-/m1/s1. The molecule has 17 heteroatoms. The molecule has 1 aliphatic heterocycles. The predicted octanol–water partition coefficient (Wildman–Crippen LogP) is 6.97. The van der Waals surface area contributed by atoms with Gasteiger partial charge in [0.15, 0.2) is 5.69 Å². The lowest BCUT2D eigenvalue weighted by Crippen LogP contribution is -2.41. The predicted molar refractivity (Wildman–Crippen MR) is 144 cm³/mol. The number of pyridine rings is 1. The van der Waals surface area contributed by atoms with Crippen molar-refractivity contribution >= 4 is 27.4 Å². The number of likely N-dealkylation sites (N-methyl/N-ethyl adjacent to an activating group) is 1. The third kappa shape index (κ3) is 7.46. The Balaban J connectivity index is 1.94. The summed E-state index contributed by atoms with van der Waals surface area (Å²) in [6, 6.07) is 5.58. The number of anilines is 2. The minimum Gasteiger partial charge on any atom is -0.488 e. The number of carboxylic acid groups (broad SMARTS) is 1. The number of benzene rings is 2. The number of rotatable bonds is 8. The maximum atomic E-state index is 14.4. The summed E-state index contributed by atoms with van der Waals surface area (Å²) >= 11 is 0. The molecular weight excluding hydrogens is 642 g/mol. The first kappa shape index (κ1) is 33.9. The van der Waals surface area contributed by atoms with Gasteiger partial charge in [-0.3, -0.25) is 0 Å². The molecule has 1 aromatic heterocycles. The molecular formula is C28H25F8N3O5S. The first-order chi connectivity index (χ1) is 20.7. The van der Waals surface area contributed by atoms with Gasteiger partial charge in [0.25, 0.3) is 0 Å². The lowest BCUT2D eigenvalue weighted by Gasteiger charge is -2.30. The van der Waals surface area contributed by atoms with Crippen LogP contribution in [0.1, 0.15) is 46.9 Å². The van der Waals surface area contributed by atoms with E-state index < -0.39 is 99.5 Å². The minimum absolute atomic E-state index is 0.140. The second-order valence-corrected chi connectivity index (χ2v) is 12.3. The van der Waals surface area contributed by atoms with Gasteiger partial charge in [0.05, 0.1) is 16.8 Å². The first-order valence-corrected chi connectivity index (χ1v) is 14.5. The molecule has 0 amide bonds. The van der Waals surface area contributed by atoms with Crippen LogP contribution in [0.15, 0.2) is 59.6 Å². The van der Waals surface area contributed by atoms with Crippen LogP contribution in [-0.2, 0) is 29.0 Å². The second-order valence-electron chi connectivity index (χ2n) is 10.4. The average Bonchev–Trinajstić information content (AvgIpc) is 3.01. The summed E-state index contributed by atoms with van der Waals surface area (Å²) in [4.78, 5) is 15.3. The monoisotopic (exact) mass is 667 g/mol. The van der Waals surface area contributed by atoms with Gasteiger partial charge in [-0.15, -0.1) is 0 Å². The summed E-state index contributed by atoms with van der Waals surface area (Å²) in [5.41, 5.74) is -4.37. The quantitative estimate of drug-likeness (QED) is 0.259. The molecule has 45 heavy (non-hydrogen) atoms. The molecule has 0 aliphatic carbocycles. The van der Waals surface area contributed by atoms with Gasteiger partial charge in [-0.05, 0) is 43.7 Å². The van der Waals surface area contributed by atoms with Crippen LogP contribution >= 0.6 is 0 Å². The highest BCUT2D eigenvalue weighted by Crippen LogP contribution is 2.46. The van der Waals surface area contributed by atoms with Gasteiger partial charge in [0.1, 0.15) is 17.3 Å². The SMILES string of the molecule is CN1[C@H](CCC(C)(F)F)CN(c2cccc(C(F)(F)F)c2)c2cc(C(F)(F)F)c(OCc3cccnc3C(=O)O)cc2S1(=O)=O. The molecule has 244 valence electrons. The van der Waals surface area contributed by atoms with Crippen molar-refractivity contribution in [2.75, 3.05) is 18.5 Å². The van der Waals surface area contributed by atoms with Crippen molar-refractivity contribution in [2.45, 2.75) is 55.6 Å². The van der Waals surface area contributed by atoms with E-state index in [-0.39, 0.29) is 11.3 Å². The van der Waals surface area contributed by atoms with Crippen molar-refractivity contribution in [3.63, 3.8) is 0 Å². The zero-order chi connectivity index (χ0) is 33.5. The third-order valence-corrected chi connectivity index (χ3v) is 9.04. The smallest absolute Gasteiger partial charge is 0.420 e. The molecule has 0 saturated heterocycles. The van der Waals surface area contributed by atoms with Crippen molar-refractivity contribution in [2.24, 2.45) is 0 Å².